The van der Waals surface area contributed by atoms with Gasteiger partial charge in [-0.3, -0.25) is 0 Å². The average Bonchev–Trinajstić information content (AvgIpc) is 2.38. The maximum absolute atomic E-state index is 9.72. The van der Waals surface area contributed by atoms with Gasteiger partial charge in [0.05, 0.1) is 95.2 Å². The quantitative estimate of drug-likeness (QED) is 0.159. The van der Waals surface area contributed by atoms with Crippen molar-refractivity contribution in [2.24, 2.45) is 0 Å². The Morgan fingerprint density at radius 2 is 0.306 bits per heavy atom. The molecule has 0 unspecified atom stereocenters. The van der Waals surface area contributed by atoms with Gasteiger partial charge in [-0.25, -0.2) is 50.5 Å². The second-order valence-electron chi connectivity index (χ2n) is 4.57. The van der Waals surface area contributed by atoms with Gasteiger partial charge in [0.15, 0.2) is 0 Å². The van der Waals surface area contributed by atoms with Crippen molar-refractivity contribution in [3.05, 3.63) is 0 Å². The summed E-state index contributed by atoms with van der Waals surface area (Å²) in [5, 5.41) is 0. The summed E-state index contributed by atoms with van der Waals surface area (Å²) in [7, 11) is -27.5. The van der Waals surface area contributed by atoms with Crippen molar-refractivity contribution in [3.8, 4) is 0 Å². The van der Waals surface area contributed by atoms with Crippen LogP contribution in [0.4, 0.5) is 0 Å². The first-order valence-corrected chi connectivity index (χ1v) is 15.7. The van der Waals surface area contributed by atoms with Crippen LogP contribution in [0.15, 0.2) is 0 Å². The second-order valence-corrected chi connectivity index (χ2v) is 13.7. The molecule has 0 atom stereocenters. The van der Waals surface area contributed by atoms with E-state index in [1.165, 1.54) is 0 Å². The van der Waals surface area contributed by atoms with E-state index in [0.717, 1.165) is 0 Å². The molecule has 0 aliphatic carbocycles. The van der Waals surface area contributed by atoms with Crippen molar-refractivity contribution in [2.45, 2.75) is 0 Å². The second kappa shape index (κ2) is 28.0. The minimum atomic E-state index is -4.59. The molecule has 18 nitrogen and oxygen atoms in total. The van der Waals surface area contributed by atoms with Crippen molar-refractivity contribution in [2.75, 3.05) is 34.5 Å². The Balaban J connectivity index is -0.0000000401. The zero-order valence-corrected chi connectivity index (χ0v) is 36.9. The Labute approximate surface area is 343 Å². The van der Waals surface area contributed by atoms with E-state index in [-0.39, 0.29) is 177 Å². The Kier molecular flexibility index (Phi) is 50.0. The molecule has 30 heteroatoms. The molecule has 0 heterocycles. The molecule has 0 aromatic rings. The molecule has 36 heavy (non-hydrogen) atoms. The summed E-state index contributed by atoms with van der Waals surface area (Å²) in [6, 6.07) is 0. The van der Waals surface area contributed by atoms with E-state index < -0.39 is 95.2 Å². The maximum atomic E-state index is 9.72. The van der Waals surface area contributed by atoms with Crippen molar-refractivity contribution in [1.82, 2.24) is 0 Å². The first-order valence-electron chi connectivity index (χ1n) is 6.23. The fourth-order valence-corrected chi connectivity index (χ4v) is 5.51. The standard InChI is InChI=1S/3C2H6O6S2.6Na/c3*3-9(4,5)1-2-10(6,7)8;;;;;;/h3*1-2H2,(H,3,4,5)(H,6,7,8);;;;;;/q;;;6*+1/p-6. The van der Waals surface area contributed by atoms with Gasteiger partial charge in [-0.1, -0.05) is 0 Å². The molecule has 0 rings (SSSR count). The third-order valence-corrected chi connectivity index (χ3v) is 6.75. The predicted octanol–water partition coefficient (Wildman–Crippen LogP) is -23.7. The maximum Gasteiger partial charge on any atom is 1.00 e. The van der Waals surface area contributed by atoms with E-state index in [9.17, 15) is 77.8 Å². The molecule has 0 spiro atoms. The molecule has 0 N–H and O–H groups in total. The van der Waals surface area contributed by atoms with Gasteiger partial charge in [0, 0.05) is 0 Å². The molecular weight excluding hydrogens is 690 g/mol. The molecule has 0 amide bonds. The molecule has 186 valence electrons. The molecule has 0 aliphatic heterocycles. The van der Waals surface area contributed by atoms with E-state index in [1.807, 2.05) is 0 Å². The van der Waals surface area contributed by atoms with Crippen molar-refractivity contribution >= 4 is 60.7 Å². The molecule has 0 aromatic carbocycles. The zero-order valence-electron chi connectivity index (χ0n) is 20.0. The van der Waals surface area contributed by atoms with Crippen LogP contribution in [0.5, 0.6) is 0 Å². The third kappa shape index (κ3) is 83.4. The van der Waals surface area contributed by atoms with Gasteiger partial charge in [0.1, 0.15) is 0 Å². The summed E-state index contributed by atoms with van der Waals surface area (Å²) < 4.78 is 175. The van der Waals surface area contributed by atoms with E-state index >= 15 is 0 Å². The van der Waals surface area contributed by atoms with Gasteiger partial charge >= 0.3 is 177 Å². The van der Waals surface area contributed by atoms with Crippen LogP contribution < -0.4 is 177 Å². The third-order valence-electron chi connectivity index (χ3n) is 1.75. The topological polar surface area (TPSA) is 343 Å². The smallest absolute Gasteiger partial charge is 0.748 e. The molecule has 0 fully saturated rings. The Morgan fingerprint density at radius 3 is 0.333 bits per heavy atom. The molecule has 0 radical (unpaired) electrons. The first-order chi connectivity index (χ1) is 12.6. The normalized spacial score (nSPS) is 11.2. The molecule has 0 saturated carbocycles. The molecule has 0 aliphatic rings. The summed E-state index contributed by atoms with van der Waals surface area (Å²) in [4.78, 5) is 0. The number of hydrogen-bond acceptors (Lipinski definition) is 18. The van der Waals surface area contributed by atoms with Crippen LogP contribution in [0.2, 0.25) is 0 Å². The van der Waals surface area contributed by atoms with E-state index in [2.05, 4.69) is 0 Å². The minimum Gasteiger partial charge on any atom is -0.748 e. The number of hydrogen-bond donors (Lipinski definition) is 0. The Bertz CT molecular complexity index is 925. The van der Waals surface area contributed by atoms with E-state index in [0.29, 0.717) is 0 Å². The fraction of sp³-hybridized carbons (Fsp3) is 1.00. The van der Waals surface area contributed by atoms with Crippen LogP contribution >= 0.6 is 0 Å². The van der Waals surface area contributed by atoms with Gasteiger partial charge in [0.2, 0.25) is 0 Å². The monoisotopic (exact) mass is 702 g/mol. The van der Waals surface area contributed by atoms with Gasteiger partial charge in [-0.2, -0.15) is 0 Å². The van der Waals surface area contributed by atoms with Gasteiger partial charge < -0.3 is 27.3 Å². The van der Waals surface area contributed by atoms with Crippen LogP contribution in [-0.4, -0.2) is 112 Å². The predicted molar refractivity (Wildman–Crippen MR) is 87.4 cm³/mol. The van der Waals surface area contributed by atoms with Crippen molar-refractivity contribution in [3.63, 3.8) is 0 Å². The van der Waals surface area contributed by atoms with Gasteiger partial charge in [0.25, 0.3) is 0 Å². The summed E-state index contributed by atoms with van der Waals surface area (Å²) in [5.41, 5.74) is 0. The molecule has 0 bridgehead atoms. The van der Waals surface area contributed by atoms with Crippen LogP contribution in [0.3, 0.4) is 0 Å². The fourth-order valence-electron chi connectivity index (χ4n) is 0.612. The molecule has 0 saturated heterocycles. The Hall–Kier alpha value is 5.46. The average molecular weight is 702 g/mol. The minimum absolute atomic E-state index is 0. The zero-order chi connectivity index (χ0) is 25.2. The molecular formula is C6H12Na6O18S6. The largest absolute Gasteiger partial charge is 1.00 e. The van der Waals surface area contributed by atoms with Gasteiger partial charge in [-0.05, 0) is 0 Å². The summed E-state index contributed by atoms with van der Waals surface area (Å²) in [6.45, 7) is 0. The molecule has 0 aromatic heterocycles. The van der Waals surface area contributed by atoms with Crippen LogP contribution in [-0.2, 0) is 60.7 Å². The first kappa shape index (κ1) is 64.4. The van der Waals surface area contributed by atoms with Crippen LogP contribution in [0, 0.1) is 0 Å². The number of rotatable bonds is 9. The van der Waals surface area contributed by atoms with Crippen molar-refractivity contribution in [1.29, 1.82) is 0 Å². The summed E-state index contributed by atoms with van der Waals surface area (Å²) in [6.07, 6.45) is 0. The van der Waals surface area contributed by atoms with Crippen LogP contribution in [0.25, 0.3) is 0 Å². The Morgan fingerprint density at radius 1 is 0.250 bits per heavy atom. The van der Waals surface area contributed by atoms with Gasteiger partial charge in [-0.15, -0.1) is 0 Å². The van der Waals surface area contributed by atoms with E-state index in [4.69, 9.17) is 0 Å². The van der Waals surface area contributed by atoms with Crippen molar-refractivity contribution < 1.29 is 255 Å². The summed E-state index contributed by atoms with van der Waals surface area (Å²) >= 11 is 0. The van der Waals surface area contributed by atoms with Crippen LogP contribution in [0.1, 0.15) is 0 Å². The SMILES string of the molecule is O=S(=O)([O-])CCS(=O)(=O)[O-].O=S(=O)([O-])CCS(=O)(=O)[O-].O=S(=O)([O-])CCS(=O)(=O)[O-].[Na+].[Na+].[Na+].[Na+].[Na+].[Na+]. The van der Waals surface area contributed by atoms with E-state index in [1.54, 1.807) is 0 Å². The summed E-state index contributed by atoms with van der Waals surface area (Å²) in [5.74, 6) is -6.92.